The van der Waals surface area contributed by atoms with Crippen LogP contribution in [0.25, 0.3) is 0 Å². The Labute approximate surface area is 129 Å². The minimum Gasteiger partial charge on any atom is -0.330 e. The molecule has 0 fully saturated rings. The Bertz CT molecular complexity index is 475. The molecule has 0 spiro atoms. The second-order valence-electron chi connectivity index (χ2n) is 7.03. The molecule has 118 valence electrons. The van der Waals surface area contributed by atoms with Crippen LogP contribution in [-0.4, -0.2) is 12.5 Å². The maximum Gasteiger partial charge on any atom is 0.224 e. The standard InChI is InChI=1S/C18H30N2O/c1-13-6-8-16(12-14(13)2)20-17(21)9-7-15(10-11-19)18(3,4)5/h6,8,12,15H,7,9-11,19H2,1-5H3,(H,20,21). The molecule has 1 aromatic rings. The van der Waals surface area contributed by atoms with Crippen molar-refractivity contribution in [2.75, 3.05) is 11.9 Å². The van der Waals surface area contributed by atoms with Gasteiger partial charge in [0, 0.05) is 12.1 Å². The zero-order valence-electron chi connectivity index (χ0n) is 14.1. The van der Waals surface area contributed by atoms with Gasteiger partial charge in [0.05, 0.1) is 0 Å². The molecule has 0 aromatic heterocycles. The molecule has 0 heterocycles. The molecule has 0 aliphatic carbocycles. The van der Waals surface area contributed by atoms with Crippen LogP contribution >= 0.6 is 0 Å². The van der Waals surface area contributed by atoms with E-state index >= 15 is 0 Å². The molecule has 1 amide bonds. The molecular formula is C18H30N2O. The molecule has 21 heavy (non-hydrogen) atoms. The van der Waals surface area contributed by atoms with Gasteiger partial charge >= 0.3 is 0 Å². The fourth-order valence-corrected chi connectivity index (χ4v) is 2.56. The van der Waals surface area contributed by atoms with E-state index < -0.39 is 0 Å². The summed E-state index contributed by atoms with van der Waals surface area (Å²) < 4.78 is 0. The SMILES string of the molecule is Cc1ccc(NC(=O)CCC(CCN)C(C)(C)C)cc1C. The third kappa shape index (κ3) is 5.88. The third-order valence-corrected chi connectivity index (χ3v) is 4.25. The maximum absolute atomic E-state index is 12.1. The van der Waals surface area contributed by atoms with Gasteiger partial charge in [-0.15, -0.1) is 0 Å². The molecule has 3 N–H and O–H groups in total. The number of nitrogens with two attached hydrogens (primary N) is 1. The molecule has 3 heteroatoms. The third-order valence-electron chi connectivity index (χ3n) is 4.25. The van der Waals surface area contributed by atoms with Crippen LogP contribution in [0.3, 0.4) is 0 Å². The minimum absolute atomic E-state index is 0.0875. The van der Waals surface area contributed by atoms with E-state index in [2.05, 4.69) is 39.9 Å². The summed E-state index contributed by atoms with van der Waals surface area (Å²) in [5.74, 6) is 0.567. The highest BCUT2D eigenvalue weighted by molar-refractivity contribution is 5.90. The first-order valence-corrected chi connectivity index (χ1v) is 7.81. The molecule has 1 unspecified atom stereocenters. The van der Waals surface area contributed by atoms with Gasteiger partial charge in [0.1, 0.15) is 0 Å². The van der Waals surface area contributed by atoms with Crippen molar-refractivity contribution in [1.29, 1.82) is 0 Å². The van der Waals surface area contributed by atoms with Gasteiger partial charge in [-0.2, -0.15) is 0 Å². The summed E-state index contributed by atoms with van der Waals surface area (Å²) in [5, 5.41) is 2.99. The summed E-state index contributed by atoms with van der Waals surface area (Å²) in [7, 11) is 0. The van der Waals surface area contributed by atoms with E-state index in [1.54, 1.807) is 0 Å². The molecule has 1 rings (SSSR count). The number of amides is 1. The van der Waals surface area contributed by atoms with Gasteiger partial charge in [0.15, 0.2) is 0 Å². The number of carbonyl (C=O) groups is 1. The van der Waals surface area contributed by atoms with Crippen LogP contribution < -0.4 is 11.1 Å². The predicted octanol–water partition coefficient (Wildman–Crippen LogP) is 4.03. The number of nitrogens with one attached hydrogen (secondary N) is 1. The lowest BCUT2D eigenvalue weighted by Gasteiger charge is -2.30. The molecule has 0 saturated carbocycles. The van der Waals surface area contributed by atoms with Gasteiger partial charge in [0.2, 0.25) is 5.91 Å². The van der Waals surface area contributed by atoms with Crippen molar-refractivity contribution in [3.63, 3.8) is 0 Å². The highest BCUT2D eigenvalue weighted by Gasteiger charge is 2.24. The molecule has 1 aromatic carbocycles. The smallest absolute Gasteiger partial charge is 0.224 e. The molecule has 0 radical (unpaired) electrons. The van der Waals surface area contributed by atoms with Crippen LogP contribution in [0, 0.1) is 25.2 Å². The van der Waals surface area contributed by atoms with Gasteiger partial charge in [-0.1, -0.05) is 26.8 Å². The molecule has 0 aliphatic heterocycles. The molecule has 1 atom stereocenters. The minimum atomic E-state index is 0.0875. The van der Waals surface area contributed by atoms with Crippen molar-refractivity contribution in [2.24, 2.45) is 17.1 Å². The monoisotopic (exact) mass is 290 g/mol. The highest BCUT2D eigenvalue weighted by atomic mass is 16.1. The fourth-order valence-electron chi connectivity index (χ4n) is 2.56. The summed E-state index contributed by atoms with van der Waals surface area (Å²) in [5.41, 5.74) is 9.20. The average Bonchev–Trinajstić information content (AvgIpc) is 2.37. The quantitative estimate of drug-likeness (QED) is 0.831. The van der Waals surface area contributed by atoms with E-state index in [-0.39, 0.29) is 11.3 Å². The van der Waals surface area contributed by atoms with Crippen molar-refractivity contribution >= 4 is 11.6 Å². The van der Waals surface area contributed by atoms with Gasteiger partial charge in [-0.25, -0.2) is 0 Å². The first-order chi connectivity index (χ1) is 9.74. The molecular weight excluding hydrogens is 260 g/mol. The molecule has 0 aliphatic rings. The van der Waals surface area contributed by atoms with Crippen LogP contribution in [0.4, 0.5) is 5.69 Å². The second kappa shape index (κ2) is 7.60. The summed E-state index contributed by atoms with van der Waals surface area (Å²) in [6.07, 6.45) is 2.41. The number of aryl methyl sites for hydroxylation is 2. The second-order valence-corrected chi connectivity index (χ2v) is 7.03. The Morgan fingerprint density at radius 3 is 2.38 bits per heavy atom. The van der Waals surface area contributed by atoms with Crippen molar-refractivity contribution in [3.8, 4) is 0 Å². The number of benzene rings is 1. The normalized spacial score (nSPS) is 13.0. The van der Waals surface area contributed by atoms with E-state index in [0.29, 0.717) is 18.9 Å². The van der Waals surface area contributed by atoms with Gasteiger partial charge < -0.3 is 11.1 Å². The van der Waals surface area contributed by atoms with Crippen LogP contribution in [0.15, 0.2) is 18.2 Å². The summed E-state index contributed by atoms with van der Waals surface area (Å²) in [6.45, 7) is 11.5. The molecule has 0 bridgehead atoms. The number of hydrogen-bond acceptors (Lipinski definition) is 2. The van der Waals surface area contributed by atoms with Crippen LogP contribution in [0.2, 0.25) is 0 Å². The number of rotatable bonds is 6. The Kier molecular flexibility index (Phi) is 6.41. The highest BCUT2D eigenvalue weighted by Crippen LogP contribution is 2.32. The number of hydrogen-bond donors (Lipinski definition) is 2. The summed E-state index contributed by atoms with van der Waals surface area (Å²) in [4.78, 5) is 12.1. The average molecular weight is 290 g/mol. The van der Waals surface area contributed by atoms with Crippen LogP contribution in [0.1, 0.15) is 51.2 Å². The summed E-state index contributed by atoms with van der Waals surface area (Å²) >= 11 is 0. The van der Waals surface area contributed by atoms with E-state index in [9.17, 15) is 4.79 Å². The van der Waals surface area contributed by atoms with Crippen molar-refractivity contribution < 1.29 is 4.79 Å². The molecule has 3 nitrogen and oxygen atoms in total. The zero-order valence-corrected chi connectivity index (χ0v) is 14.1. The van der Waals surface area contributed by atoms with Crippen molar-refractivity contribution in [1.82, 2.24) is 0 Å². The van der Waals surface area contributed by atoms with E-state index in [1.807, 2.05) is 18.2 Å². The predicted molar refractivity (Wildman–Crippen MR) is 90.4 cm³/mol. The zero-order chi connectivity index (χ0) is 16.0. The summed E-state index contributed by atoms with van der Waals surface area (Å²) in [6, 6.07) is 6.02. The Morgan fingerprint density at radius 1 is 1.19 bits per heavy atom. The molecule has 0 saturated heterocycles. The fraction of sp³-hybridized carbons (Fsp3) is 0.611. The largest absolute Gasteiger partial charge is 0.330 e. The topological polar surface area (TPSA) is 55.1 Å². The van der Waals surface area contributed by atoms with E-state index in [1.165, 1.54) is 11.1 Å². The lowest BCUT2D eigenvalue weighted by atomic mass is 9.76. The first kappa shape index (κ1) is 17.7. The van der Waals surface area contributed by atoms with Crippen LogP contribution in [0.5, 0.6) is 0 Å². The van der Waals surface area contributed by atoms with Crippen molar-refractivity contribution in [3.05, 3.63) is 29.3 Å². The van der Waals surface area contributed by atoms with Gasteiger partial charge in [-0.3, -0.25) is 4.79 Å². The number of carbonyl (C=O) groups excluding carboxylic acids is 1. The van der Waals surface area contributed by atoms with Crippen LogP contribution in [-0.2, 0) is 4.79 Å². The van der Waals surface area contributed by atoms with E-state index in [4.69, 9.17) is 5.73 Å². The maximum atomic E-state index is 12.1. The number of anilines is 1. The first-order valence-electron chi connectivity index (χ1n) is 7.81. The lowest BCUT2D eigenvalue weighted by molar-refractivity contribution is -0.116. The van der Waals surface area contributed by atoms with Gasteiger partial charge in [0.25, 0.3) is 0 Å². The lowest BCUT2D eigenvalue weighted by Crippen LogP contribution is -2.25. The van der Waals surface area contributed by atoms with Gasteiger partial charge in [-0.05, 0) is 67.8 Å². The Morgan fingerprint density at radius 2 is 1.86 bits per heavy atom. The Balaban J connectivity index is 2.54. The van der Waals surface area contributed by atoms with E-state index in [0.717, 1.165) is 18.5 Å². The van der Waals surface area contributed by atoms with Crippen molar-refractivity contribution in [2.45, 2.75) is 53.9 Å². The Hall–Kier alpha value is -1.35.